The van der Waals surface area contributed by atoms with Gasteiger partial charge >= 0.3 is 11.8 Å². The van der Waals surface area contributed by atoms with Crippen LogP contribution in [0.25, 0.3) is 0 Å². The summed E-state index contributed by atoms with van der Waals surface area (Å²) in [6.45, 7) is 0.236. The van der Waals surface area contributed by atoms with Gasteiger partial charge in [0, 0.05) is 22.5 Å². The summed E-state index contributed by atoms with van der Waals surface area (Å²) < 4.78 is 12.9. The van der Waals surface area contributed by atoms with Crippen LogP contribution in [0.15, 0.2) is 41.8 Å². The van der Waals surface area contributed by atoms with Gasteiger partial charge in [-0.2, -0.15) is 0 Å². The van der Waals surface area contributed by atoms with E-state index in [1.165, 1.54) is 29.1 Å². The largest absolute Gasteiger partial charge is 0.354 e. The van der Waals surface area contributed by atoms with Crippen LogP contribution in [0.2, 0.25) is 0 Å². The van der Waals surface area contributed by atoms with Crippen molar-refractivity contribution in [3.63, 3.8) is 0 Å². The first-order valence-electron chi connectivity index (χ1n) is 9.14. The highest BCUT2D eigenvalue weighted by Crippen LogP contribution is 2.42. The number of carbonyl (C=O) groups is 3. The number of rotatable bonds is 6. The van der Waals surface area contributed by atoms with Crippen molar-refractivity contribution in [3.05, 3.63) is 52.5 Å². The predicted molar refractivity (Wildman–Crippen MR) is 106 cm³/mol. The quantitative estimate of drug-likeness (QED) is 0.648. The lowest BCUT2D eigenvalue weighted by molar-refractivity contribution is -0.136. The topological polar surface area (TPSA) is 87.3 Å². The molecule has 6 nitrogen and oxygen atoms in total. The minimum absolute atomic E-state index is 0.0339. The highest BCUT2D eigenvalue weighted by Gasteiger charge is 2.36. The van der Waals surface area contributed by atoms with E-state index in [-0.39, 0.29) is 17.9 Å². The molecule has 0 atom stereocenters. The Morgan fingerprint density at radius 1 is 1.00 bits per heavy atom. The number of anilines is 1. The van der Waals surface area contributed by atoms with E-state index in [2.05, 4.69) is 22.0 Å². The van der Waals surface area contributed by atoms with E-state index >= 15 is 0 Å². The number of thiophene rings is 1. The molecule has 148 valence electrons. The van der Waals surface area contributed by atoms with Crippen LogP contribution in [0.5, 0.6) is 0 Å². The normalized spacial score (nSPS) is 15.0. The molecule has 3 rings (SSSR count). The van der Waals surface area contributed by atoms with Crippen LogP contribution < -0.4 is 16.0 Å². The number of nitrogens with one attached hydrogen (secondary N) is 3. The first-order valence-corrected chi connectivity index (χ1v) is 10.0. The molecule has 1 heterocycles. The molecule has 0 unspecified atom stereocenters. The van der Waals surface area contributed by atoms with E-state index in [9.17, 15) is 18.8 Å². The maximum absolute atomic E-state index is 12.9. The highest BCUT2D eigenvalue weighted by molar-refractivity contribution is 7.10. The van der Waals surface area contributed by atoms with Gasteiger partial charge in [-0.05, 0) is 48.6 Å². The van der Waals surface area contributed by atoms with Gasteiger partial charge in [-0.15, -0.1) is 11.3 Å². The van der Waals surface area contributed by atoms with E-state index in [1.807, 2.05) is 11.4 Å². The number of amides is 3. The van der Waals surface area contributed by atoms with Crippen molar-refractivity contribution < 1.29 is 18.8 Å². The zero-order valence-electron chi connectivity index (χ0n) is 15.3. The molecule has 1 aliphatic carbocycles. The van der Waals surface area contributed by atoms with Crippen LogP contribution in [0.1, 0.15) is 30.6 Å². The van der Waals surface area contributed by atoms with Gasteiger partial charge in [0.05, 0.1) is 6.54 Å². The minimum atomic E-state index is -0.923. The van der Waals surface area contributed by atoms with E-state index in [1.54, 1.807) is 11.3 Å². The summed E-state index contributed by atoms with van der Waals surface area (Å²) in [6.07, 6.45) is 4.32. The fourth-order valence-electron chi connectivity index (χ4n) is 3.43. The van der Waals surface area contributed by atoms with Crippen molar-refractivity contribution in [2.75, 3.05) is 18.4 Å². The van der Waals surface area contributed by atoms with Gasteiger partial charge in [0.15, 0.2) is 0 Å². The van der Waals surface area contributed by atoms with Gasteiger partial charge in [0.25, 0.3) is 0 Å². The van der Waals surface area contributed by atoms with E-state index in [0.29, 0.717) is 12.2 Å². The average Bonchev–Trinajstić information content (AvgIpc) is 3.38. The van der Waals surface area contributed by atoms with Crippen LogP contribution in [0.3, 0.4) is 0 Å². The van der Waals surface area contributed by atoms with E-state index < -0.39 is 17.6 Å². The predicted octanol–water partition coefficient (Wildman–Crippen LogP) is 2.57. The molecule has 3 N–H and O–H groups in total. The third kappa shape index (κ3) is 4.95. The van der Waals surface area contributed by atoms with Crippen LogP contribution in [0.4, 0.5) is 10.1 Å². The van der Waals surface area contributed by atoms with Gasteiger partial charge in [0.1, 0.15) is 5.82 Å². The Kier molecular flexibility index (Phi) is 6.41. The molecule has 28 heavy (non-hydrogen) atoms. The Balaban J connectivity index is 1.45. The van der Waals surface area contributed by atoms with E-state index in [0.717, 1.165) is 25.7 Å². The Bertz CT molecular complexity index is 831. The Morgan fingerprint density at radius 3 is 2.36 bits per heavy atom. The van der Waals surface area contributed by atoms with Crippen LogP contribution in [-0.2, 0) is 19.8 Å². The zero-order chi connectivity index (χ0) is 20.0. The molecular formula is C20H22FN3O3S. The standard InChI is InChI=1S/C20H22FN3O3S/c21-14-5-7-15(8-6-14)24-19(27)18(26)22-12-17(25)23-13-20(9-1-2-10-20)16-4-3-11-28-16/h3-8,11H,1-2,9-10,12-13H2,(H,22,26)(H,23,25)(H,24,27). The summed E-state index contributed by atoms with van der Waals surface area (Å²) in [4.78, 5) is 37.1. The number of benzene rings is 1. The van der Waals surface area contributed by atoms with Crippen molar-refractivity contribution in [1.29, 1.82) is 0 Å². The molecule has 1 saturated carbocycles. The summed E-state index contributed by atoms with van der Waals surface area (Å²) in [7, 11) is 0. The molecule has 8 heteroatoms. The molecule has 2 aromatic rings. The lowest BCUT2D eigenvalue weighted by atomic mass is 9.84. The first kappa shape index (κ1) is 20.0. The summed E-state index contributed by atoms with van der Waals surface area (Å²) in [6, 6.07) is 9.16. The molecule has 1 fully saturated rings. The smallest absolute Gasteiger partial charge is 0.313 e. The molecule has 0 spiro atoms. The van der Waals surface area contributed by atoms with Crippen LogP contribution in [0, 0.1) is 5.82 Å². The molecule has 3 amide bonds. The summed E-state index contributed by atoms with van der Waals surface area (Å²) in [5, 5.41) is 9.57. The van der Waals surface area contributed by atoms with E-state index in [4.69, 9.17) is 0 Å². The second-order valence-electron chi connectivity index (χ2n) is 6.89. The molecule has 0 bridgehead atoms. The Morgan fingerprint density at radius 2 is 1.71 bits per heavy atom. The molecule has 1 aliphatic rings. The second kappa shape index (κ2) is 8.97. The zero-order valence-corrected chi connectivity index (χ0v) is 16.1. The molecule has 0 saturated heterocycles. The van der Waals surface area contributed by atoms with Crippen molar-refractivity contribution in [3.8, 4) is 0 Å². The van der Waals surface area contributed by atoms with Crippen LogP contribution >= 0.6 is 11.3 Å². The minimum Gasteiger partial charge on any atom is -0.354 e. The molecular weight excluding hydrogens is 381 g/mol. The maximum atomic E-state index is 12.9. The average molecular weight is 403 g/mol. The first-order chi connectivity index (χ1) is 13.5. The number of hydrogen-bond acceptors (Lipinski definition) is 4. The van der Waals surface area contributed by atoms with Gasteiger partial charge < -0.3 is 16.0 Å². The Hall–Kier alpha value is -2.74. The van der Waals surface area contributed by atoms with Gasteiger partial charge in [-0.25, -0.2) is 4.39 Å². The summed E-state index contributed by atoms with van der Waals surface area (Å²) in [5.74, 6) is -2.62. The molecule has 1 aromatic carbocycles. The molecule has 1 aromatic heterocycles. The SMILES string of the molecule is O=C(CNC(=O)C(=O)Nc1ccc(F)cc1)NCC1(c2cccs2)CCCC1. The fraction of sp³-hybridized carbons (Fsp3) is 0.350. The van der Waals surface area contributed by atoms with Crippen molar-refractivity contribution in [2.45, 2.75) is 31.1 Å². The summed E-state index contributed by atoms with van der Waals surface area (Å²) in [5.41, 5.74) is 0.262. The van der Waals surface area contributed by atoms with Gasteiger partial charge in [0.2, 0.25) is 5.91 Å². The number of halogens is 1. The fourth-order valence-corrected chi connectivity index (χ4v) is 4.42. The number of carbonyl (C=O) groups excluding carboxylic acids is 3. The third-order valence-electron chi connectivity index (χ3n) is 4.95. The molecule has 0 aliphatic heterocycles. The Labute approximate surface area is 166 Å². The second-order valence-corrected chi connectivity index (χ2v) is 7.83. The third-order valence-corrected chi connectivity index (χ3v) is 6.06. The molecule has 0 radical (unpaired) electrons. The van der Waals surface area contributed by atoms with Crippen molar-refractivity contribution in [2.24, 2.45) is 0 Å². The van der Waals surface area contributed by atoms with Crippen LogP contribution in [-0.4, -0.2) is 30.8 Å². The highest BCUT2D eigenvalue weighted by atomic mass is 32.1. The monoisotopic (exact) mass is 403 g/mol. The summed E-state index contributed by atoms with van der Waals surface area (Å²) >= 11 is 1.70. The number of hydrogen-bond donors (Lipinski definition) is 3. The lowest BCUT2D eigenvalue weighted by Crippen LogP contribution is -2.45. The maximum Gasteiger partial charge on any atom is 0.313 e. The lowest BCUT2D eigenvalue weighted by Gasteiger charge is -2.28. The van der Waals surface area contributed by atoms with Gasteiger partial charge in [-0.3, -0.25) is 14.4 Å². The van der Waals surface area contributed by atoms with Crippen molar-refractivity contribution >= 4 is 34.7 Å². The van der Waals surface area contributed by atoms with Crippen molar-refractivity contribution in [1.82, 2.24) is 10.6 Å². The van der Waals surface area contributed by atoms with Gasteiger partial charge in [-0.1, -0.05) is 18.9 Å².